The Kier molecular flexibility index (Phi) is 5.51. The van der Waals surface area contributed by atoms with Gasteiger partial charge in [0.15, 0.2) is 5.72 Å². The molecule has 3 aromatic rings. The molecule has 1 heterocycles. The summed E-state index contributed by atoms with van der Waals surface area (Å²) in [5, 5.41) is 12.1. The fourth-order valence-electron chi connectivity index (χ4n) is 3.98. The van der Waals surface area contributed by atoms with Crippen LogP contribution in [0.4, 0.5) is 16.2 Å². The van der Waals surface area contributed by atoms with E-state index in [4.69, 9.17) is 0 Å². The van der Waals surface area contributed by atoms with Crippen molar-refractivity contribution in [1.82, 2.24) is 0 Å². The van der Waals surface area contributed by atoms with Gasteiger partial charge in [-0.05, 0) is 55.0 Å². The number of urea groups is 1. The number of halogens is 2. The van der Waals surface area contributed by atoms with Crippen molar-refractivity contribution in [2.24, 2.45) is 0 Å². The maximum Gasteiger partial charge on any atom is 0.332 e. The molecular weight excluding hydrogens is 496 g/mol. The number of carbonyl (C=O) groups excluding carboxylic acids is 1. The molecule has 148 valence electrons. The molecule has 2 amide bonds. The maximum absolute atomic E-state index is 13.7. The van der Waals surface area contributed by atoms with Gasteiger partial charge < -0.3 is 5.11 Å². The van der Waals surface area contributed by atoms with E-state index < -0.39 is 11.8 Å². The minimum absolute atomic E-state index is 0.257. The van der Waals surface area contributed by atoms with Crippen molar-refractivity contribution in [1.29, 1.82) is 0 Å². The van der Waals surface area contributed by atoms with E-state index in [0.717, 1.165) is 14.6 Å². The monoisotopic (exact) mass is 514 g/mol. The first-order valence-electron chi connectivity index (χ1n) is 9.39. The first-order chi connectivity index (χ1) is 14.0. The van der Waals surface area contributed by atoms with E-state index in [-0.39, 0.29) is 6.03 Å². The van der Waals surface area contributed by atoms with Crippen molar-refractivity contribution in [3.8, 4) is 0 Å². The Labute approximate surface area is 187 Å². The van der Waals surface area contributed by atoms with E-state index in [1.165, 1.54) is 4.90 Å². The predicted molar refractivity (Wildman–Crippen MR) is 123 cm³/mol. The summed E-state index contributed by atoms with van der Waals surface area (Å²) in [6.07, 6.45) is 0.584. The van der Waals surface area contributed by atoms with Gasteiger partial charge in [0.2, 0.25) is 0 Å². The third-order valence-corrected chi connectivity index (χ3v) is 6.35. The molecule has 2 atom stereocenters. The van der Waals surface area contributed by atoms with Gasteiger partial charge in [0.1, 0.15) is 0 Å². The Morgan fingerprint density at radius 1 is 0.862 bits per heavy atom. The van der Waals surface area contributed by atoms with Gasteiger partial charge in [-0.15, -0.1) is 0 Å². The Morgan fingerprint density at radius 3 is 1.90 bits per heavy atom. The fourth-order valence-corrected chi connectivity index (χ4v) is 4.51. The molecule has 4 rings (SSSR count). The Hall–Kier alpha value is -2.15. The van der Waals surface area contributed by atoms with Gasteiger partial charge in [-0.1, -0.05) is 69.1 Å². The van der Waals surface area contributed by atoms with Gasteiger partial charge in [-0.3, -0.25) is 9.80 Å². The molecule has 29 heavy (non-hydrogen) atoms. The third kappa shape index (κ3) is 3.39. The Morgan fingerprint density at radius 2 is 1.38 bits per heavy atom. The van der Waals surface area contributed by atoms with Crippen LogP contribution in [0.25, 0.3) is 0 Å². The average molecular weight is 516 g/mol. The minimum Gasteiger partial charge on any atom is -0.365 e. The molecule has 0 bridgehead atoms. The van der Waals surface area contributed by atoms with Crippen LogP contribution in [0.15, 0.2) is 87.8 Å². The number of hydrogen-bond acceptors (Lipinski definition) is 2. The van der Waals surface area contributed by atoms with Crippen LogP contribution in [0.5, 0.6) is 0 Å². The molecule has 1 saturated heterocycles. The molecule has 0 spiro atoms. The predicted octanol–water partition coefficient (Wildman–Crippen LogP) is 6.28. The van der Waals surface area contributed by atoms with E-state index in [1.54, 1.807) is 4.90 Å². The number of benzene rings is 3. The maximum atomic E-state index is 13.7. The summed E-state index contributed by atoms with van der Waals surface area (Å²) in [6.45, 7) is 1.99. The second-order valence-electron chi connectivity index (χ2n) is 6.96. The summed E-state index contributed by atoms with van der Waals surface area (Å²) >= 11 is 6.89. The molecule has 1 aliphatic heterocycles. The Balaban J connectivity index is 1.92. The second kappa shape index (κ2) is 7.94. The van der Waals surface area contributed by atoms with Crippen LogP contribution in [0, 0.1) is 0 Å². The molecule has 1 N–H and O–H groups in total. The van der Waals surface area contributed by atoms with Crippen molar-refractivity contribution < 1.29 is 9.90 Å². The minimum atomic E-state index is -1.51. The van der Waals surface area contributed by atoms with Crippen molar-refractivity contribution in [3.63, 3.8) is 0 Å². The summed E-state index contributed by atoms with van der Waals surface area (Å²) in [5.74, 6) is 0. The smallest absolute Gasteiger partial charge is 0.332 e. The van der Waals surface area contributed by atoms with Crippen LogP contribution in [-0.4, -0.2) is 17.2 Å². The standard InChI is InChI=1S/C23H20Br2N2O2/c1-2-21-23(29,16-6-4-3-5-7-16)27(20-14-10-18(25)11-15-20)22(28)26(21)19-12-8-17(24)9-13-19/h3-15,21,29H,2H2,1H3. The van der Waals surface area contributed by atoms with E-state index >= 15 is 0 Å². The molecular formula is C23H20Br2N2O2. The van der Waals surface area contributed by atoms with Crippen LogP contribution in [0.2, 0.25) is 0 Å². The molecule has 0 aromatic heterocycles. The Bertz CT molecular complexity index is 1010. The lowest BCUT2D eigenvalue weighted by atomic mass is 9.92. The molecule has 2 unspecified atom stereocenters. The number of amides is 2. The van der Waals surface area contributed by atoms with Gasteiger partial charge >= 0.3 is 6.03 Å². The zero-order chi connectivity index (χ0) is 20.6. The van der Waals surface area contributed by atoms with Crippen molar-refractivity contribution in [2.45, 2.75) is 25.1 Å². The average Bonchev–Trinajstić information content (AvgIpc) is 2.97. The molecule has 3 aromatic carbocycles. The van der Waals surface area contributed by atoms with E-state index in [2.05, 4.69) is 31.9 Å². The summed E-state index contributed by atoms with van der Waals surface area (Å²) in [6, 6.07) is 23.7. The normalized spacial score (nSPS) is 21.7. The summed E-state index contributed by atoms with van der Waals surface area (Å²) in [5.41, 5.74) is 0.568. The molecule has 0 radical (unpaired) electrons. The molecule has 4 nitrogen and oxygen atoms in total. The van der Waals surface area contributed by atoms with Gasteiger partial charge in [0, 0.05) is 25.9 Å². The molecule has 0 aliphatic carbocycles. The highest BCUT2D eigenvalue weighted by Gasteiger charge is 2.57. The van der Waals surface area contributed by atoms with Crippen LogP contribution in [-0.2, 0) is 5.72 Å². The molecule has 1 fully saturated rings. The molecule has 6 heteroatoms. The van der Waals surface area contributed by atoms with E-state index in [1.807, 2.05) is 85.8 Å². The number of aliphatic hydroxyl groups is 1. The largest absolute Gasteiger partial charge is 0.365 e. The lowest BCUT2D eigenvalue weighted by molar-refractivity contribution is 0.0307. The lowest BCUT2D eigenvalue weighted by Gasteiger charge is -2.37. The SMILES string of the molecule is CCC1N(c2ccc(Br)cc2)C(=O)N(c2ccc(Br)cc2)C1(O)c1ccccc1. The van der Waals surface area contributed by atoms with Gasteiger partial charge in [-0.25, -0.2) is 4.79 Å². The number of rotatable bonds is 4. The van der Waals surface area contributed by atoms with Gasteiger partial charge in [0.05, 0.1) is 6.04 Å². The quantitative estimate of drug-likeness (QED) is 0.444. The summed E-state index contributed by atoms with van der Waals surface area (Å²) in [4.78, 5) is 16.9. The highest BCUT2D eigenvalue weighted by Crippen LogP contribution is 2.45. The first-order valence-corrected chi connectivity index (χ1v) is 11.0. The fraction of sp³-hybridized carbons (Fsp3) is 0.174. The number of carbonyl (C=O) groups is 1. The highest BCUT2D eigenvalue weighted by atomic mass is 79.9. The highest BCUT2D eigenvalue weighted by molar-refractivity contribution is 9.10. The van der Waals surface area contributed by atoms with Crippen LogP contribution >= 0.6 is 31.9 Å². The van der Waals surface area contributed by atoms with Gasteiger partial charge in [0.25, 0.3) is 0 Å². The number of hydrogen-bond donors (Lipinski definition) is 1. The molecule has 1 aliphatic rings. The van der Waals surface area contributed by atoms with Crippen LogP contribution < -0.4 is 9.80 Å². The van der Waals surface area contributed by atoms with Gasteiger partial charge in [-0.2, -0.15) is 0 Å². The second-order valence-corrected chi connectivity index (χ2v) is 8.79. The summed E-state index contributed by atoms with van der Waals surface area (Å²) in [7, 11) is 0. The van der Waals surface area contributed by atoms with Crippen molar-refractivity contribution in [2.75, 3.05) is 9.80 Å². The van der Waals surface area contributed by atoms with Crippen LogP contribution in [0.3, 0.4) is 0 Å². The zero-order valence-corrected chi connectivity index (χ0v) is 19.0. The number of nitrogens with zero attached hydrogens (tertiary/aromatic N) is 2. The van der Waals surface area contributed by atoms with Crippen LogP contribution in [0.1, 0.15) is 18.9 Å². The van der Waals surface area contributed by atoms with Crippen molar-refractivity contribution in [3.05, 3.63) is 93.4 Å². The van der Waals surface area contributed by atoms with Crippen molar-refractivity contribution >= 4 is 49.3 Å². The third-order valence-electron chi connectivity index (χ3n) is 5.29. The van der Waals surface area contributed by atoms with E-state index in [9.17, 15) is 9.90 Å². The summed E-state index contributed by atoms with van der Waals surface area (Å²) < 4.78 is 1.84. The van der Waals surface area contributed by atoms with E-state index in [0.29, 0.717) is 17.7 Å². The number of anilines is 2. The molecule has 0 saturated carbocycles. The lowest BCUT2D eigenvalue weighted by Crippen LogP contribution is -2.49. The zero-order valence-electron chi connectivity index (χ0n) is 15.8. The first kappa shape index (κ1) is 20.1. The topological polar surface area (TPSA) is 43.8 Å².